The van der Waals surface area contributed by atoms with Crippen LogP contribution in [0.25, 0.3) is 0 Å². The first-order chi connectivity index (χ1) is 11.1. The van der Waals surface area contributed by atoms with Crippen LogP contribution in [0.15, 0.2) is 35.3 Å². The lowest BCUT2D eigenvalue weighted by atomic mass is 10.1. The molecule has 2 aromatic rings. The number of nitrogens with zero attached hydrogens (tertiary/aromatic N) is 1. The highest BCUT2D eigenvalue weighted by Crippen LogP contribution is 2.33. The minimum atomic E-state index is 0.211. The van der Waals surface area contributed by atoms with Gasteiger partial charge in [0.1, 0.15) is 6.61 Å². The topological polar surface area (TPSA) is 30.8 Å². The molecule has 0 saturated carbocycles. The normalized spacial score (nSPS) is 10.6. The fraction of sp³-hybridized carbons (Fsp3) is 0.211. The maximum Gasteiger partial charge on any atom is 0.175 e. The van der Waals surface area contributed by atoms with Crippen molar-refractivity contribution in [2.45, 2.75) is 13.8 Å². The van der Waals surface area contributed by atoms with Gasteiger partial charge in [-0.15, -0.1) is 6.42 Å². The van der Waals surface area contributed by atoms with E-state index < -0.39 is 0 Å². The van der Waals surface area contributed by atoms with Crippen LogP contribution in [0.1, 0.15) is 16.7 Å². The van der Waals surface area contributed by atoms with Gasteiger partial charge in [0, 0.05) is 6.21 Å². The quantitative estimate of drug-likeness (QED) is 0.401. The van der Waals surface area contributed by atoms with Crippen LogP contribution in [-0.4, -0.2) is 19.9 Å². The van der Waals surface area contributed by atoms with Crippen molar-refractivity contribution in [3.63, 3.8) is 0 Å². The lowest BCUT2D eigenvalue weighted by Crippen LogP contribution is -2.00. The van der Waals surface area contributed by atoms with Crippen LogP contribution in [0.5, 0.6) is 11.5 Å². The second-order valence-corrected chi connectivity index (χ2v) is 6.17. The van der Waals surface area contributed by atoms with E-state index >= 15 is 0 Å². The molecule has 4 heteroatoms. The van der Waals surface area contributed by atoms with Gasteiger partial charge < -0.3 is 9.47 Å². The molecule has 0 unspecified atom stereocenters. The molecule has 2 aromatic carbocycles. The summed E-state index contributed by atoms with van der Waals surface area (Å²) < 4.78 is 11.9. The zero-order valence-corrected chi connectivity index (χ0v) is 15.5. The number of aryl methyl sites for hydroxylation is 1. The number of ether oxygens (including phenoxy) is 2. The molecule has 0 spiro atoms. The molecule has 0 atom stereocenters. The third kappa shape index (κ3) is 4.26. The first kappa shape index (κ1) is 17.4. The number of hydrogen-bond donors (Lipinski definition) is 0. The predicted molar refractivity (Wildman–Crippen MR) is 103 cm³/mol. The lowest BCUT2D eigenvalue weighted by Gasteiger charge is -2.11. The summed E-state index contributed by atoms with van der Waals surface area (Å²) in [7, 11) is 1.61. The second kappa shape index (κ2) is 8.02. The summed E-state index contributed by atoms with van der Waals surface area (Å²) in [6.45, 7) is 4.36. The van der Waals surface area contributed by atoms with E-state index in [-0.39, 0.29) is 6.61 Å². The van der Waals surface area contributed by atoms with Crippen LogP contribution in [0.3, 0.4) is 0 Å². The highest BCUT2D eigenvalue weighted by molar-refractivity contribution is 14.1. The summed E-state index contributed by atoms with van der Waals surface area (Å²) in [6.07, 6.45) is 7.08. The molecule has 2 rings (SSSR count). The first-order valence-electron chi connectivity index (χ1n) is 7.11. The molecule has 0 saturated heterocycles. The van der Waals surface area contributed by atoms with E-state index in [0.29, 0.717) is 11.5 Å². The smallest absolute Gasteiger partial charge is 0.175 e. The molecule has 23 heavy (non-hydrogen) atoms. The molecule has 0 aliphatic rings. The average molecular weight is 419 g/mol. The summed E-state index contributed by atoms with van der Waals surface area (Å²) >= 11 is 2.21. The summed E-state index contributed by atoms with van der Waals surface area (Å²) in [5, 5.41) is 0. The van der Waals surface area contributed by atoms with Crippen LogP contribution in [0, 0.1) is 29.8 Å². The molecule has 0 N–H and O–H groups in total. The Labute approximate surface area is 150 Å². The Morgan fingerprint density at radius 2 is 2.09 bits per heavy atom. The zero-order chi connectivity index (χ0) is 16.8. The minimum Gasteiger partial charge on any atom is -0.493 e. The minimum absolute atomic E-state index is 0.211. The van der Waals surface area contributed by atoms with Crippen molar-refractivity contribution in [2.75, 3.05) is 13.7 Å². The third-order valence-electron chi connectivity index (χ3n) is 3.48. The first-order valence-corrected chi connectivity index (χ1v) is 8.18. The van der Waals surface area contributed by atoms with E-state index in [0.717, 1.165) is 14.8 Å². The Balaban J connectivity index is 2.34. The largest absolute Gasteiger partial charge is 0.493 e. The van der Waals surface area contributed by atoms with Gasteiger partial charge in [0.15, 0.2) is 11.5 Å². The molecule has 118 valence electrons. The van der Waals surface area contributed by atoms with Crippen LogP contribution < -0.4 is 9.47 Å². The van der Waals surface area contributed by atoms with Crippen LogP contribution in [-0.2, 0) is 0 Å². The van der Waals surface area contributed by atoms with Crippen LogP contribution >= 0.6 is 22.6 Å². The van der Waals surface area contributed by atoms with E-state index in [1.165, 1.54) is 11.1 Å². The van der Waals surface area contributed by atoms with Crippen molar-refractivity contribution < 1.29 is 9.47 Å². The molecule has 0 amide bonds. The van der Waals surface area contributed by atoms with Crippen molar-refractivity contribution in [1.29, 1.82) is 0 Å². The van der Waals surface area contributed by atoms with Gasteiger partial charge in [0.05, 0.1) is 16.4 Å². The summed E-state index contributed by atoms with van der Waals surface area (Å²) in [6, 6.07) is 9.98. The van der Waals surface area contributed by atoms with Gasteiger partial charge in [-0.25, -0.2) is 0 Å². The van der Waals surface area contributed by atoms with Crippen molar-refractivity contribution in [3.05, 3.63) is 50.6 Å². The highest BCUT2D eigenvalue weighted by Gasteiger charge is 2.10. The number of terminal acetylenes is 1. The average Bonchev–Trinajstić information content (AvgIpc) is 2.54. The van der Waals surface area contributed by atoms with Crippen molar-refractivity contribution in [1.82, 2.24) is 0 Å². The van der Waals surface area contributed by atoms with Crippen LogP contribution in [0.2, 0.25) is 0 Å². The number of rotatable bonds is 5. The summed E-state index contributed by atoms with van der Waals surface area (Å²) in [5.41, 5.74) is 4.32. The van der Waals surface area contributed by atoms with Crippen molar-refractivity contribution in [2.24, 2.45) is 4.99 Å². The Morgan fingerprint density at radius 1 is 1.30 bits per heavy atom. The fourth-order valence-electron chi connectivity index (χ4n) is 2.09. The molecule has 3 nitrogen and oxygen atoms in total. The Morgan fingerprint density at radius 3 is 2.78 bits per heavy atom. The van der Waals surface area contributed by atoms with E-state index in [2.05, 4.69) is 53.4 Å². The molecule has 0 aliphatic heterocycles. The van der Waals surface area contributed by atoms with Gasteiger partial charge in [0.25, 0.3) is 0 Å². The molecule has 0 fully saturated rings. The molecule has 0 bridgehead atoms. The van der Waals surface area contributed by atoms with Gasteiger partial charge in [-0.2, -0.15) is 0 Å². The second-order valence-electron chi connectivity index (χ2n) is 5.00. The monoisotopic (exact) mass is 419 g/mol. The summed E-state index contributed by atoms with van der Waals surface area (Å²) in [4.78, 5) is 4.59. The number of halogens is 1. The number of hydrogen-bond acceptors (Lipinski definition) is 3. The number of methoxy groups -OCH3 is 1. The van der Waals surface area contributed by atoms with Gasteiger partial charge in [-0.3, -0.25) is 4.99 Å². The molecular formula is C19H18INO2. The molecule has 0 radical (unpaired) electrons. The third-order valence-corrected chi connectivity index (χ3v) is 4.28. The standard InChI is InChI=1S/C19H18INO2/c1-5-9-23-19-16(20)10-15(11-18(19)22-4)12-21-17-8-6-7-13(2)14(17)3/h1,6-8,10-12H,9H2,2-4H3. The maximum atomic E-state index is 5.55. The summed E-state index contributed by atoms with van der Waals surface area (Å²) in [5.74, 6) is 3.77. The van der Waals surface area contributed by atoms with E-state index in [4.69, 9.17) is 15.9 Å². The Hall–Kier alpha value is -2.00. The zero-order valence-electron chi connectivity index (χ0n) is 13.4. The van der Waals surface area contributed by atoms with Crippen molar-refractivity contribution in [3.8, 4) is 23.8 Å². The SMILES string of the molecule is C#CCOc1c(I)cc(C=Nc2cccc(C)c2C)cc1OC. The van der Waals surface area contributed by atoms with Gasteiger partial charge in [-0.05, 0) is 71.3 Å². The van der Waals surface area contributed by atoms with Gasteiger partial charge in [0.2, 0.25) is 0 Å². The fourth-order valence-corrected chi connectivity index (χ4v) is 2.87. The molecule has 0 heterocycles. The maximum absolute atomic E-state index is 5.55. The lowest BCUT2D eigenvalue weighted by molar-refractivity contribution is 0.328. The van der Waals surface area contributed by atoms with Gasteiger partial charge >= 0.3 is 0 Å². The van der Waals surface area contributed by atoms with Gasteiger partial charge in [-0.1, -0.05) is 18.1 Å². The van der Waals surface area contributed by atoms with Crippen molar-refractivity contribution >= 4 is 34.5 Å². The number of benzene rings is 2. The Bertz CT molecular complexity index is 776. The highest BCUT2D eigenvalue weighted by atomic mass is 127. The van der Waals surface area contributed by atoms with E-state index in [9.17, 15) is 0 Å². The molecular weight excluding hydrogens is 401 g/mol. The Kier molecular flexibility index (Phi) is 6.05. The molecule has 0 aliphatic carbocycles. The van der Waals surface area contributed by atoms with E-state index in [1.807, 2.05) is 30.5 Å². The molecule has 0 aromatic heterocycles. The predicted octanol–water partition coefficient (Wildman–Crippen LogP) is 4.68. The van der Waals surface area contributed by atoms with E-state index in [1.54, 1.807) is 7.11 Å². The number of aliphatic imine (C=N–C) groups is 1. The van der Waals surface area contributed by atoms with Crippen LogP contribution in [0.4, 0.5) is 5.69 Å².